The van der Waals surface area contributed by atoms with Gasteiger partial charge in [0.05, 0.1) is 11.4 Å². The highest BCUT2D eigenvalue weighted by Crippen LogP contribution is 2.24. The van der Waals surface area contributed by atoms with Crippen LogP contribution in [0.3, 0.4) is 0 Å². The Labute approximate surface area is 183 Å². The second-order valence-electron chi connectivity index (χ2n) is 6.15. The van der Waals surface area contributed by atoms with Crippen LogP contribution in [0.25, 0.3) is 16.0 Å². The zero-order valence-corrected chi connectivity index (χ0v) is 17.7. The molecule has 0 saturated carbocycles. The molecule has 0 atom stereocenters. The van der Waals surface area contributed by atoms with Crippen molar-refractivity contribution < 1.29 is 4.79 Å². The number of benzene rings is 1. The summed E-state index contributed by atoms with van der Waals surface area (Å²) < 4.78 is 5.38. The maximum absolute atomic E-state index is 12.8. The molecule has 1 amide bonds. The summed E-state index contributed by atoms with van der Waals surface area (Å²) >= 11 is 12.5. The molecule has 9 nitrogen and oxygen atoms in total. The first-order valence-electron chi connectivity index (χ1n) is 8.62. The van der Waals surface area contributed by atoms with E-state index in [2.05, 4.69) is 27.0 Å². The number of rotatable bonds is 6. The van der Waals surface area contributed by atoms with Crippen molar-refractivity contribution in [2.75, 3.05) is 5.32 Å². The summed E-state index contributed by atoms with van der Waals surface area (Å²) in [6.07, 6.45) is 5.90. The van der Waals surface area contributed by atoms with Crippen LogP contribution in [0.15, 0.2) is 54.6 Å². The molecule has 4 aromatic rings. The smallest absolute Gasteiger partial charge is 0.273 e. The van der Waals surface area contributed by atoms with Gasteiger partial charge >= 0.3 is 0 Å². The SMILES string of the molecule is C=CCn1c(=S)sc2c(=O)n(CC(=O)Nc3cc(Cl)ccc3-n3cncn3)cnc21. The van der Waals surface area contributed by atoms with Gasteiger partial charge in [-0.05, 0) is 30.4 Å². The van der Waals surface area contributed by atoms with Crippen molar-refractivity contribution in [1.29, 1.82) is 0 Å². The number of fused-ring (bicyclic) bond motifs is 1. The molecule has 1 aromatic carbocycles. The van der Waals surface area contributed by atoms with Crippen LogP contribution in [0.5, 0.6) is 0 Å². The van der Waals surface area contributed by atoms with E-state index >= 15 is 0 Å². The fourth-order valence-corrected chi connectivity index (χ4v) is 4.35. The Balaban J connectivity index is 1.63. The van der Waals surface area contributed by atoms with Crippen molar-refractivity contribution in [2.45, 2.75) is 13.1 Å². The number of anilines is 1. The maximum Gasteiger partial charge on any atom is 0.273 e. The number of thiazole rings is 1. The van der Waals surface area contributed by atoms with Gasteiger partial charge in [-0.3, -0.25) is 14.2 Å². The molecule has 152 valence electrons. The van der Waals surface area contributed by atoms with Crippen LogP contribution in [-0.2, 0) is 17.9 Å². The molecule has 3 heterocycles. The first kappa shape index (κ1) is 20.1. The summed E-state index contributed by atoms with van der Waals surface area (Å²) in [5.74, 6) is -0.420. The van der Waals surface area contributed by atoms with Gasteiger partial charge in [0, 0.05) is 11.6 Å². The second kappa shape index (κ2) is 8.30. The molecule has 0 aliphatic rings. The highest BCUT2D eigenvalue weighted by Gasteiger charge is 2.15. The fraction of sp³-hybridized carbons (Fsp3) is 0.111. The van der Waals surface area contributed by atoms with Crippen molar-refractivity contribution >= 4 is 57.1 Å². The van der Waals surface area contributed by atoms with E-state index in [0.29, 0.717) is 37.2 Å². The molecule has 3 aromatic heterocycles. The van der Waals surface area contributed by atoms with Gasteiger partial charge in [0.25, 0.3) is 5.56 Å². The molecule has 30 heavy (non-hydrogen) atoms. The Hall–Kier alpha value is -3.15. The Morgan fingerprint density at radius 2 is 2.20 bits per heavy atom. The molecular weight excluding hydrogens is 446 g/mol. The lowest BCUT2D eigenvalue weighted by molar-refractivity contribution is -0.116. The van der Waals surface area contributed by atoms with E-state index in [-0.39, 0.29) is 12.1 Å². The molecule has 0 bridgehead atoms. The number of carbonyl (C=O) groups is 1. The van der Waals surface area contributed by atoms with Crippen molar-refractivity contribution in [2.24, 2.45) is 0 Å². The first-order chi connectivity index (χ1) is 14.5. The summed E-state index contributed by atoms with van der Waals surface area (Å²) in [6.45, 7) is 3.92. The Morgan fingerprint density at radius 3 is 2.93 bits per heavy atom. The van der Waals surface area contributed by atoms with Crippen molar-refractivity contribution in [3.8, 4) is 5.69 Å². The number of hydrogen-bond acceptors (Lipinski definition) is 7. The standard InChI is InChI=1S/C18H14ClN7O2S2/c1-2-5-25-16-15(30-18(25)29)17(28)24(10-21-16)7-14(27)23-12-6-11(19)3-4-13(12)26-9-20-8-22-26/h2-4,6,8-10H,1,5,7H2,(H,23,27). The van der Waals surface area contributed by atoms with Crippen LogP contribution in [0.4, 0.5) is 5.69 Å². The average molecular weight is 460 g/mol. The summed E-state index contributed by atoms with van der Waals surface area (Å²) in [4.78, 5) is 33.7. The number of carbonyl (C=O) groups excluding carboxylic acids is 1. The van der Waals surface area contributed by atoms with Crippen LogP contribution in [0.1, 0.15) is 0 Å². The monoisotopic (exact) mass is 459 g/mol. The predicted molar refractivity (Wildman–Crippen MR) is 118 cm³/mol. The summed E-state index contributed by atoms with van der Waals surface area (Å²) in [6, 6.07) is 4.99. The van der Waals surface area contributed by atoms with Gasteiger partial charge in [0.15, 0.2) is 9.60 Å². The topological polar surface area (TPSA) is 99.6 Å². The van der Waals surface area contributed by atoms with E-state index in [1.165, 1.54) is 28.2 Å². The normalized spacial score (nSPS) is 11.0. The second-order valence-corrected chi connectivity index (χ2v) is 8.23. The van der Waals surface area contributed by atoms with E-state index in [0.717, 1.165) is 11.3 Å². The molecular formula is C18H14ClN7O2S2. The third kappa shape index (κ3) is 3.82. The van der Waals surface area contributed by atoms with Crippen LogP contribution >= 0.6 is 35.2 Å². The lowest BCUT2D eigenvalue weighted by Crippen LogP contribution is -2.28. The van der Waals surface area contributed by atoms with E-state index in [1.807, 2.05) is 0 Å². The maximum atomic E-state index is 12.8. The lowest BCUT2D eigenvalue weighted by atomic mass is 10.2. The van der Waals surface area contributed by atoms with Gasteiger partial charge in [0.2, 0.25) is 5.91 Å². The highest BCUT2D eigenvalue weighted by atomic mass is 35.5. The van der Waals surface area contributed by atoms with Crippen LogP contribution in [0, 0.1) is 3.95 Å². The van der Waals surface area contributed by atoms with Crippen molar-refractivity contribution in [1.82, 2.24) is 28.9 Å². The molecule has 0 aliphatic carbocycles. The highest BCUT2D eigenvalue weighted by molar-refractivity contribution is 7.73. The summed E-state index contributed by atoms with van der Waals surface area (Å²) in [7, 11) is 0. The molecule has 0 spiro atoms. The predicted octanol–water partition coefficient (Wildman–Crippen LogP) is 3.05. The Kier molecular flexibility index (Phi) is 5.57. The van der Waals surface area contributed by atoms with E-state index in [1.54, 1.807) is 28.8 Å². The molecule has 0 fully saturated rings. The first-order valence-corrected chi connectivity index (χ1v) is 10.2. The average Bonchev–Trinajstić information content (AvgIpc) is 3.34. The molecule has 0 unspecified atom stereocenters. The number of allylic oxidation sites excluding steroid dienone is 1. The quantitative estimate of drug-likeness (QED) is 0.351. The van der Waals surface area contributed by atoms with Crippen molar-refractivity contribution in [3.63, 3.8) is 0 Å². The number of aromatic nitrogens is 6. The van der Waals surface area contributed by atoms with Gasteiger partial charge in [-0.25, -0.2) is 14.6 Å². The number of halogens is 1. The Morgan fingerprint density at radius 1 is 1.37 bits per heavy atom. The number of nitrogens with zero attached hydrogens (tertiary/aromatic N) is 6. The van der Waals surface area contributed by atoms with Gasteiger partial charge in [-0.15, -0.1) is 6.58 Å². The van der Waals surface area contributed by atoms with Crippen LogP contribution in [0.2, 0.25) is 5.02 Å². The largest absolute Gasteiger partial charge is 0.323 e. The zero-order valence-electron chi connectivity index (χ0n) is 15.4. The molecule has 1 N–H and O–H groups in total. The van der Waals surface area contributed by atoms with Crippen LogP contribution < -0.4 is 10.9 Å². The molecule has 0 saturated heterocycles. The van der Waals surface area contributed by atoms with Crippen LogP contribution in [-0.4, -0.2) is 34.8 Å². The summed E-state index contributed by atoms with van der Waals surface area (Å²) in [5.41, 5.74) is 1.17. The van der Waals surface area contributed by atoms with Crippen molar-refractivity contribution in [3.05, 3.63) is 69.2 Å². The van der Waals surface area contributed by atoms with Gasteiger partial charge in [-0.1, -0.05) is 29.0 Å². The van der Waals surface area contributed by atoms with Gasteiger partial charge in [-0.2, -0.15) is 5.10 Å². The zero-order chi connectivity index (χ0) is 21.3. The minimum atomic E-state index is -0.420. The molecule has 0 aliphatic heterocycles. The minimum absolute atomic E-state index is 0.225. The molecule has 12 heteroatoms. The molecule has 4 rings (SSSR count). The van der Waals surface area contributed by atoms with E-state index < -0.39 is 5.91 Å². The summed E-state index contributed by atoms with van der Waals surface area (Å²) in [5, 5.41) is 7.28. The van der Waals surface area contributed by atoms with Gasteiger partial charge in [0.1, 0.15) is 30.2 Å². The number of hydrogen-bond donors (Lipinski definition) is 1. The lowest BCUT2D eigenvalue weighted by Gasteiger charge is -2.12. The number of amides is 1. The number of nitrogens with one attached hydrogen (secondary N) is 1. The van der Waals surface area contributed by atoms with E-state index in [4.69, 9.17) is 23.8 Å². The van der Waals surface area contributed by atoms with Gasteiger partial charge < -0.3 is 9.88 Å². The van der Waals surface area contributed by atoms with E-state index in [9.17, 15) is 9.59 Å². The third-order valence-corrected chi connectivity index (χ3v) is 5.83. The minimum Gasteiger partial charge on any atom is -0.323 e. The molecule has 0 radical (unpaired) electrons. The Bertz CT molecular complexity index is 1370. The third-order valence-electron chi connectivity index (χ3n) is 4.17. The fourth-order valence-electron chi connectivity index (χ4n) is 2.86.